The zero-order valence-electron chi connectivity index (χ0n) is 13.1. The number of fused-ring (bicyclic) bond motifs is 5. The fraction of sp³-hybridized carbons (Fsp3) is 0.579. The van der Waals surface area contributed by atoms with Crippen LogP contribution in [-0.4, -0.2) is 22.8 Å². The zero-order chi connectivity index (χ0) is 15.7. The summed E-state index contributed by atoms with van der Waals surface area (Å²) in [4.78, 5) is 24.0. The number of carbonyl (C=O) groups excluding carboxylic acids is 2. The van der Waals surface area contributed by atoms with Gasteiger partial charge in [-0.2, -0.15) is 0 Å². The fourth-order valence-electron chi connectivity index (χ4n) is 5.41. The van der Waals surface area contributed by atoms with Crippen molar-refractivity contribution in [3.63, 3.8) is 0 Å². The summed E-state index contributed by atoms with van der Waals surface area (Å²) in [6.45, 7) is 4.12. The minimum atomic E-state index is -0.586. The molecule has 116 valence electrons. The van der Waals surface area contributed by atoms with Crippen LogP contribution in [0.15, 0.2) is 36.0 Å². The topological polar surface area (TPSA) is 54.4 Å². The van der Waals surface area contributed by atoms with E-state index in [9.17, 15) is 14.7 Å². The van der Waals surface area contributed by atoms with Gasteiger partial charge in [-0.15, -0.1) is 0 Å². The van der Waals surface area contributed by atoms with Gasteiger partial charge in [0.1, 0.15) is 5.78 Å². The normalized spacial score (nSPS) is 49.5. The maximum atomic E-state index is 12.4. The van der Waals surface area contributed by atoms with Crippen LogP contribution in [0.2, 0.25) is 0 Å². The van der Waals surface area contributed by atoms with Crippen LogP contribution in [0.5, 0.6) is 0 Å². The molecule has 6 atom stereocenters. The molecule has 0 aliphatic heterocycles. The summed E-state index contributed by atoms with van der Waals surface area (Å²) in [6, 6.07) is 0. The van der Waals surface area contributed by atoms with Crippen LogP contribution >= 0.6 is 0 Å². The third-order valence-corrected chi connectivity index (χ3v) is 6.93. The molecule has 0 aromatic rings. The Morgan fingerprint density at radius 1 is 1.18 bits per heavy atom. The lowest BCUT2D eigenvalue weighted by molar-refractivity contribution is -0.143. The van der Waals surface area contributed by atoms with Crippen molar-refractivity contribution in [1.29, 1.82) is 0 Å². The number of aliphatic hydroxyl groups excluding tert-OH is 1. The van der Waals surface area contributed by atoms with Gasteiger partial charge in [0, 0.05) is 11.8 Å². The number of ketones is 2. The first-order valence-electron chi connectivity index (χ1n) is 8.22. The van der Waals surface area contributed by atoms with Crippen LogP contribution in [0.4, 0.5) is 0 Å². The van der Waals surface area contributed by atoms with Gasteiger partial charge in [0.15, 0.2) is 5.78 Å². The van der Waals surface area contributed by atoms with Gasteiger partial charge in [0.25, 0.3) is 0 Å². The molecule has 2 saturated carbocycles. The number of Topliss-reactive ketones (excluding diaryl/α,β-unsaturated/α-hetero) is 1. The summed E-state index contributed by atoms with van der Waals surface area (Å²) in [5.74, 6) is 1.03. The van der Waals surface area contributed by atoms with Crippen molar-refractivity contribution in [2.75, 3.05) is 0 Å². The average molecular weight is 298 g/mol. The third-order valence-electron chi connectivity index (χ3n) is 6.93. The van der Waals surface area contributed by atoms with Gasteiger partial charge < -0.3 is 5.11 Å². The Morgan fingerprint density at radius 3 is 2.73 bits per heavy atom. The molecule has 4 aliphatic carbocycles. The van der Waals surface area contributed by atoms with Crippen LogP contribution in [-0.2, 0) is 9.59 Å². The second-order valence-corrected chi connectivity index (χ2v) is 7.76. The minimum Gasteiger partial charge on any atom is -0.392 e. The first kappa shape index (κ1) is 14.1. The first-order valence-corrected chi connectivity index (χ1v) is 8.22. The number of hydrogen-bond acceptors (Lipinski definition) is 3. The van der Waals surface area contributed by atoms with E-state index in [0.29, 0.717) is 18.8 Å². The molecule has 0 saturated heterocycles. The van der Waals surface area contributed by atoms with Gasteiger partial charge in [-0.05, 0) is 55.2 Å². The molecule has 0 radical (unpaired) electrons. The quantitative estimate of drug-likeness (QED) is 0.748. The molecule has 0 amide bonds. The zero-order valence-corrected chi connectivity index (χ0v) is 13.1. The van der Waals surface area contributed by atoms with Crippen LogP contribution in [0.1, 0.15) is 33.1 Å². The molecule has 1 N–H and O–H groups in total. The van der Waals surface area contributed by atoms with E-state index >= 15 is 0 Å². The second kappa shape index (κ2) is 4.29. The van der Waals surface area contributed by atoms with E-state index in [1.165, 1.54) is 0 Å². The predicted molar refractivity (Wildman–Crippen MR) is 82.9 cm³/mol. The van der Waals surface area contributed by atoms with Crippen molar-refractivity contribution in [2.24, 2.45) is 28.6 Å². The molecule has 2 fully saturated rings. The number of hydrogen-bond donors (Lipinski definition) is 1. The fourth-order valence-corrected chi connectivity index (χ4v) is 5.41. The molecule has 22 heavy (non-hydrogen) atoms. The molecule has 3 heteroatoms. The van der Waals surface area contributed by atoms with Crippen molar-refractivity contribution in [1.82, 2.24) is 0 Å². The Morgan fingerprint density at radius 2 is 1.95 bits per heavy atom. The molecule has 0 aromatic carbocycles. The monoisotopic (exact) mass is 298 g/mol. The van der Waals surface area contributed by atoms with Gasteiger partial charge in [0.2, 0.25) is 0 Å². The summed E-state index contributed by atoms with van der Waals surface area (Å²) >= 11 is 0. The molecule has 0 spiro atoms. The van der Waals surface area contributed by atoms with Crippen LogP contribution in [0.25, 0.3) is 0 Å². The molecule has 4 aliphatic rings. The Labute approximate surface area is 130 Å². The Kier molecular flexibility index (Phi) is 2.75. The van der Waals surface area contributed by atoms with Crippen molar-refractivity contribution in [3.8, 4) is 0 Å². The van der Waals surface area contributed by atoms with Gasteiger partial charge in [-0.3, -0.25) is 9.59 Å². The number of aliphatic hydroxyl groups is 1. The molecule has 3 nitrogen and oxygen atoms in total. The summed E-state index contributed by atoms with van der Waals surface area (Å²) < 4.78 is 0. The van der Waals surface area contributed by atoms with E-state index in [1.807, 2.05) is 13.0 Å². The average Bonchev–Trinajstić information content (AvgIpc) is 2.79. The van der Waals surface area contributed by atoms with Gasteiger partial charge in [-0.1, -0.05) is 25.2 Å². The Bertz CT molecular complexity index is 656. The molecule has 4 rings (SSSR count). The highest BCUT2D eigenvalue weighted by molar-refractivity contribution is 6.01. The molecule has 0 heterocycles. The van der Waals surface area contributed by atoms with E-state index in [2.05, 4.69) is 19.1 Å². The third kappa shape index (κ3) is 1.55. The maximum absolute atomic E-state index is 12.4. The number of rotatable bonds is 0. The van der Waals surface area contributed by atoms with Crippen molar-refractivity contribution in [2.45, 2.75) is 39.2 Å². The molecule has 0 bridgehead atoms. The smallest absolute Gasteiger partial charge is 0.178 e. The largest absolute Gasteiger partial charge is 0.392 e. The van der Waals surface area contributed by atoms with Gasteiger partial charge in [-0.25, -0.2) is 0 Å². The highest BCUT2D eigenvalue weighted by Crippen LogP contribution is 2.61. The second-order valence-electron chi connectivity index (χ2n) is 7.76. The highest BCUT2D eigenvalue weighted by Gasteiger charge is 2.61. The van der Waals surface area contributed by atoms with Crippen LogP contribution in [0.3, 0.4) is 0 Å². The van der Waals surface area contributed by atoms with Crippen LogP contribution < -0.4 is 0 Å². The lowest BCUT2D eigenvalue weighted by Crippen LogP contribution is -2.54. The highest BCUT2D eigenvalue weighted by atomic mass is 16.3. The van der Waals surface area contributed by atoms with E-state index < -0.39 is 11.5 Å². The number of allylic oxidation sites excluding steroid dienone is 6. The summed E-state index contributed by atoms with van der Waals surface area (Å²) in [7, 11) is 0. The van der Waals surface area contributed by atoms with Gasteiger partial charge >= 0.3 is 0 Å². The minimum absolute atomic E-state index is 0.0350. The lowest BCUT2D eigenvalue weighted by Gasteiger charge is -2.54. The van der Waals surface area contributed by atoms with E-state index in [1.54, 1.807) is 12.2 Å². The predicted octanol–water partition coefficient (Wildman–Crippen LogP) is 2.61. The van der Waals surface area contributed by atoms with E-state index in [0.717, 1.165) is 12.0 Å². The summed E-state index contributed by atoms with van der Waals surface area (Å²) in [5.41, 5.74) is 0.250. The van der Waals surface area contributed by atoms with Crippen molar-refractivity contribution < 1.29 is 14.7 Å². The summed E-state index contributed by atoms with van der Waals surface area (Å²) in [6.07, 6.45) is 11.1. The molecule has 1 unspecified atom stereocenters. The number of carbonyl (C=O) groups is 2. The Hall–Kier alpha value is -1.48. The van der Waals surface area contributed by atoms with Crippen LogP contribution in [0, 0.1) is 28.6 Å². The molecule has 0 aromatic heterocycles. The SMILES string of the molecule is C[C@]12C=CC(=O)C=C1C=C[C@@H]1[C@@H]2CC(O)[C@]2(C)C(=O)CC[C@@H]12. The summed E-state index contributed by atoms with van der Waals surface area (Å²) in [5, 5.41) is 10.7. The first-order chi connectivity index (χ1) is 10.4. The molecular formula is C19H22O3. The van der Waals surface area contributed by atoms with Gasteiger partial charge in [0.05, 0.1) is 11.5 Å². The Balaban J connectivity index is 1.82. The maximum Gasteiger partial charge on any atom is 0.178 e. The van der Waals surface area contributed by atoms with E-state index in [-0.39, 0.29) is 28.8 Å². The lowest BCUT2D eigenvalue weighted by atomic mass is 9.49. The van der Waals surface area contributed by atoms with Crippen molar-refractivity contribution in [3.05, 3.63) is 36.0 Å². The standard InChI is InChI=1S/C19H22O3/c1-18-8-7-12(20)9-11(18)3-4-13-14-5-6-16(21)19(14,2)17(22)10-15(13)18/h3-4,7-9,13-15,17,22H,5-6,10H2,1-2H3/t13-,14-,15-,17?,18-,19-/m0/s1. The molecular weight excluding hydrogens is 276 g/mol. The van der Waals surface area contributed by atoms with E-state index in [4.69, 9.17) is 0 Å². The van der Waals surface area contributed by atoms with Crippen molar-refractivity contribution >= 4 is 11.6 Å².